The number of carbonyl (C=O) groups is 1. The lowest BCUT2D eigenvalue weighted by Gasteiger charge is -2.19. The number of halogens is 1. The Labute approximate surface area is 101 Å². The predicted molar refractivity (Wildman–Crippen MR) is 65.6 cm³/mol. The highest BCUT2D eigenvalue weighted by molar-refractivity contribution is 6.30. The van der Waals surface area contributed by atoms with Gasteiger partial charge in [0.2, 0.25) is 5.91 Å². The van der Waals surface area contributed by atoms with Gasteiger partial charge >= 0.3 is 0 Å². The van der Waals surface area contributed by atoms with Crippen LogP contribution in [0.4, 0.5) is 0 Å². The fourth-order valence-corrected chi connectivity index (χ4v) is 2.34. The fourth-order valence-electron chi connectivity index (χ4n) is 2.07. The Balaban J connectivity index is 2.11. The first-order chi connectivity index (χ1) is 7.68. The third-order valence-electron chi connectivity index (χ3n) is 2.97. The Morgan fingerprint density at radius 3 is 2.69 bits per heavy atom. The van der Waals surface area contributed by atoms with Crippen molar-refractivity contribution in [3.63, 3.8) is 0 Å². The Hall–Kier alpha value is -1.02. The van der Waals surface area contributed by atoms with Gasteiger partial charge in [-0.3, -0.25) is 4.79 Å². The zero-order chi connectivity index (χ0) is 11.5. The maximum atomic E-state index is 12.1. The van der Waals surface area contributed by atoms with E-state index in [0.717, 1.165) is 37.1 Å². The quantitative estimate of drug-likeness (QED) is 0.725. The number of nitrogens with zero attached hydrogens (tertiary/aromatic N) is 1. The van der Waals surface area contributed by atoms with Crippen LogP contribution in [-0.4, -0.2) is 23.9 Å². The van der Waals surface area contributed by atoms with E-state index < -0.39 is 5.38 Å². The first kappa shape index (κ1) is 11.5. The minimum absolute atomic E-state index is 0.0461. The van der Waals surface area contributed by atoms with E-state index in [2.05, 4.69) is 0 Å². The lowest BCUT2D eigenvalue weighted by Crippen LogP contribution is -2.30. The molecule has 0 saturated carbocycles. The number of carbonyl (C=O) groups excluding carboxylic acids is 1. The molecule has 86 valence electrons. The molecule has 1 aromatic carbocycles. The van der Waals surface area contributed by atoms with E-state index in [9.17, 15) is 4.79 Å². The fraction of sp³-hybridized carbons (Fsp3) is 0.462. The predicted octanol–water partition coefficient (Wildman–Crippen LogP) is 2.90. The van der Waals surface area contributed by atoms with Crippen molar-refractivity contribution in [2.24, 2.45) is 0 Å². The summed E-state index contributed by atoms with van der Waals surface area (Å²) in [7, 11) is 0. The van der Waals surface area contributed by atoms with Gasteiger partial charge in [0, 0.05) is 13.1 Å². The molecule has 1 aromatic rings. The Morgan fingerprint density at radius 2 is 2.06 bits per heavy atom. The molecule has 0 aliphatic carbocycles. The van der Waals surface area contributed by atoms with Gasteiger partial charge in [-0.15, -0.1) is 11.6 Å². The molecule has 1 aliphatic rings. The smallest absolute Gasteiger partial charge is 0.245 e. The van der Waals surface area contributed by atoms with Gasteiger partial charge < -0.3 is 4.90 Å². The molecule has 1 unspecified atom stereocenters. The number of aryl methyl sites for hydroxylation is 1. The second kappa shape index (κ2) is 4.88. The van der Waals surface area contributed by atoms with Gasteiger partial charge in [-0.25, -0.2) is 0 Å². The van der Waals surface area contributed by atoms with Crippen LogP contribution in [0, 0.1) is 6.92 Å². The number of hydrogen-bond donors (Lipinski definition) is 0. The zero-order valence-corrected chi connectivity index (χ0v) is 10.2. The van der Waals surface area contributed by atoms with Gasteiger partial charge in [-0.1, -0.05) is 29.8 Å². The SMILES string of the molecule is Cc1cccc(C(Cl)C(=O)N2CCCC2)c1. The summed E-state index contributed by atoms with van der Waals surface area (Å²) in [6, 6.07) is 7.84. The van der Waals surface area contributed by atoms with Gasteiger partial charge in [0.1, 0.15) is 5.38 Å². The van der Waals surface area contributed by atoms with Crippen molar-refractivity contribution in [3.8, 4) is 0 Å². The summed E-state index contributed by atoms with van der Waals surface area (Å²) < 4.78 is 0. The molecule has 2 rings (SSSR count). The van der Waals surface area contributed by atoms with Crippen molar-refractivity contribution in [2.45, 2.75) is 25.1 Å². The Bertz CT molecular complexity index is 385. The van der Waals surface area contributed by atoms with E-state index in [1.165, 1.54) is 0 Å². The second-order valence-electron chi connectivity index (χ2n) is 4.31. The number of amides is 1. The standard InChI is InChI=1S/C13H16ClNO/c1-10-5-4-6-11(9-10)12(14)13(16)15-7-2-3-8-15/h4-6,9,12H,2-3,7-8H2,1H3. The van der Waals surface area contributed by atoms with E-state index in [0.29, 0.717) is 0 Å². The maximum Gasteiger partial charge on any atom is 0.245 e. The van der Waals surface area contributed by atoms with Gasteiger partial charge in [-0.05, 0) is 25.3 Å². The molecule has 0 spiro atoms. The Morgan fingerprint density at radius 1 is 1.38 bits per heavy atom. The third kappa shape index (κ3) is 2.38. The van der Waals surface area contributed by atoms with Gasteiger partial charge in [-0.2, -0.15) is 0 Å². The number of benzene rings is 1. The summed E-state index contributed by atoms with van der Waals surface area (Å²) in [5.41, 5.74) is 2.04. The van der Waals surface area contributed by atoms with Crippen LogP contribution in [0.25, 0.3) is 0 Å². The molecule has 0 radical (unpaired) electrons. The minimum Gasteiger partial charge on any atom is -0.341 e. The maximum absolute atomic E-state index is 12.1. The molecule has 3 heteroatoms. The van der Waals surface area contributed by atoms with Crippen molar-refractivity contribution in [3.05, 3.63) is 35.4 Å². The zero-order valence-electron chi connectivity index (χ0n) is 9.45. The van der Waals surface area contributed by atoms with Crippen LogP contribution in [0.15, 0.2) is 24.3 Å². The van der Waals surface area contributed by atoms with Gasteiger partial charge in [0.15, 0.2) is 0 Å². The van der Waals surface area contributed by atoms with Crippen LogP contribution >= 0.6 is 11.6 Å². The number of alkyl halides is 1. The minimum atomic E-state index is -0.530. The molecule has 1 saturated heterocycles. The van der Waals surface area contributed by atoms with Crippen molar-refractivity contribution in [2.75, 3.05) is 13.1 Å². The molecular formula is C13H16ClNO. The molecule has 1 atom stereocenters. The van der Waals surface area contributed by atoms with E-state index >= 15 is 0 Å². The largest absolute Gasteiger partial charge is 0.341 e. The van der Waals surface area contributed by atoms with E-state index in [4.69, 9.17) is 11.6 Å². The highest BCUT2D eigenvalue weighted by Gasteiger charge is 2.25. The number of rotatable bonds is 2. The summed E-state index contributed by atoms with van der Waals surface area (Å²) >= 11 is 6.22. The summed E-state index contributed by atoms with van der Waals surface area (Å²) in [6.07, 6.45) is 2.20. The molecule has 0 bridgehead atoms. The summed E-state index contributed by atoms with van der Waals surface area (Å²) in [6.45, 7) is 3.72. The van der Waals surface area contributed by atoms with Crippen LogP contribution < -0.4 is 0 Å². The average molecular weight is 238 g/mol. The van der Waals surface area contributed by atoms with Crippen molar-refractivity contribution in [1.29, 1.82) is 0 Å². The van der Waals surface area contributed by atoms with E-state index in [1.54, 1.807) is 0 Å². The highest BCUT2D eigenvalue weighted by Crippen LogP contribution is 2.25. The third-order valence-corrected chi connectivity index (χ3v) is 3.41. The molecule has 1 fully saturated rings. The van der Waals surface area contributed by atoms with Crippen molar-refractivity contribution in [1.82, 2.24) is 4.90 Å². The number of hydrogen-bond acceptors (Lipinski definition) is 1. The van der Waals surface area contributed by atoms with Crippen LogP contribution in [0.1, 0.15) is 29.3 Å². The van der Waals surface area contributed by atoms with Crippen molar-refractivity contribution < 1.29 is 4.79 Å². The summed E-state index contributed by atoms with van der Waals surface area (Å²) in [5, 5.41) is -0.530. The highest BCUT2D eigenvalue weighted by atomic mass is 35.5. The lowest BCUT2D eigenvalue weighted by molar-refractivity contribution is -0.129. The summed E-state index contributed by atoms with van der Waals surface area (Å²) in [4.78, 5) is 13.9. The van der Waals surface area contributed by atoms with Crippen LogP contribution in [0.5, 0.6) is 0 Å². The summed E-state index contributed by atoms with van der Waals surface area (Å²) in [5.74, 6) is 0.0461. The first-order valence-corrected chi connectivity index (χ1v) is 6.11. The molecule has 0 N–H and O–H groups in total. The molecule has 2 nitrogen and oxygen atoms in total. The molecule has 0 aromatic heterocycles. The van der Waals surface area contributed by atoms with E-state index in [-0.39, 0.29) is 5.91 Å². The van der Waals surface area contributed by atoms with Gasteiger partial charge in [0.25, 0.3) is 0 Å². The molecule has 1 aliphatic heterocycles. The van der Waals surface area contributed by atoms with Crippen LogP contribution in [0.2, 0.25) is 0 Å². The molecule has 16 heavy (non-hydrogen) atoms. The number of likely N-dealkylation sites (tertiary alicyclic amines) is 1. The van der Waals surface area contributed by atoms with Gasteiger partial charge in [0.05, 0.1) is 0 Å². The first-order valence-electron chi connectivity index (χ1n) is 5.68. The van der Waals surface area contributed by atoms with Crippen LogP contribution in [-0.2, 0) is 4.79 Å². The Kier molecular flexibility index (Phi) is 3.49. The van der Waals surface area contributed by atoms with E-state index in [1.807, 2.05) is 36.1 Å². The topological polar surface area (TPSA) is 20.3 Å². The average Bonchev–Trinajstić information content (AvgIpc) is 2.80. The lowest BCUT2D eigenvalue weighted by atomic mass is 10.1. The molecule has 1 amide bonds. The van der Waals surface area contributed by atoms with Crippen molar-refractivity contribution >= 4 is 17.5 Å². The van der Waals surface area contributed by atoms with Crippen LogP contribution in [0.3, 0.4) is 0 Å². The molecular weight excluding hydrogens is 222 g/mol. The molecule has 1 heterocycles. The monoisotopic (exact) mass is 237 g/mol. The normalized spacial score (nSPS) is 17.5. The second-order valence-corrected chi connectivity index (χ2v) is 4.75.